The summed E-state index contributed by atoms with van der Waals surface area (Å²) in [6, 6.07) is 14.2. The summed E-state index contributed by atoms with van der Waals surface area (Å²) in [4.78, 5) is 38.5. The van der Waals surface area contributed by atoms with Gasteiger partial charge in [-0.1, -0.05) is 19.1 Å². The molecule has 1 aliphatic rings. The van der Waals surface area contributed by atoms with Crippen molar-refractivity contribution in [2.75, 3.05) is 10.6 Å². The molecule has 0 bridgehead atoms. The Morgan fingerprint density at radius 3 is 2.34 bits per heavy atom. The van der Waals surface area contributed by atoms with Crippen LogP contribution in [0.1, 0.15) is 63.4 Å². The van der Waals surface area contributed by atoms with Gasteiger partial charge in [-0.15, -0.1) is 11.3 Å². The van der Waals surface area contributed by atoms with E-state index in [4.69, 9.17) is 10.5 Å². The number of thiophene rings is 1. The molecule has 4 rings (SSSR count). The molecular formula is C27H29N3O4S. The highest BCUT2D eigenvalue weighted by Gasteiger charge is 2.25. The van der Waals surface area contributed by atoms with Gasteiger partial charge in [0.2, 0.25) is 0 Å². The third kappa shape index (κ3) is 5.71. The van der Waals surface area contributed by atoms with Crippen LogP contribution < -0.4 is 21.1 Å². The van der Waals surface area contributed by atoms with Crippen LogP contribution in [0.2, 0.25) is 0 Å². The van der Waals surface area contributed by atoms with Crippen molar-refractivity contribution in [1.29, 1.82) is 0 Å². The summed E-state index contributed by atoms with van der Waals surface area (Å²) in [6.07, 6.45) is 4.00. The van der Waals surface area contributed by atoms with Crippen molar-refractivity contribution < 1.29 is 19.1 Å². The molecule has 2 aromatic carbocycles. The SMILES string of the molecule is CCc1ccc(NC(=O)[C@H](C)Oc2ccc(C(=O)Nc3sc4c(c3C(N)=O)CCCC4)cc2)cc1. The number of benzene rings is 2. The number of nitrogens with two attached hydrogens (primary N) is 1. The Bertz CT molecular complexity index is 1230. The summed E-state index contributed by atoms with van der Waals surface area (Å²) in [5, 5.41) is 6.20. The van der Waals surface area contributed by atoms with Crippen molar-refractivity contribution in [3.8, 4) is 5.75 Å². The van der Waals surface area contributed by atoms with Crippen LogP contribution in [0.15, 0.2) is 48.5 Å². The second-order valence-electron chi connectivity index (χ2n) is 8.56. The number of amides is 3. The van der Waals surface area contributed by atoms with Gasteiger partial charge in [-0.2, -0.15) is 0 Å². The molecule has 1 atom stereocenters. The van der Waals surface area contributed by atoms with Crippen LogP contribution in [0.5, 0.6) is 5.75 Å². The lowest BCUT2D eigenvalue weighted by Crippen LogP contribution is -2.30. The molecular weight excluding hydrogens is 462 g/mol. The van der Waals surface area contributed by atoms with Crippen molar-refractivity contribution in [2.24, 2.45) is 5.73 Å². The normalized spacial score (nSPS) is 13.4. The first-order valence-corrected chi connectivity index (χ1v) is 12.6. The Labute approximate surface area is 208 Å². The molecule has 3 aromatic rings. The molecule has 7 nitrogen and oxygen atoms in total. The highest BCUT2D eigenvalue weighted by atomic mass is 32.1. The van der Waals surface area contributed by atoms with E-state index in [0.29, 0.717) is 27.6 Å². The lowest BCUT2D eigenvalue weighted by atomic mass is 9.95. The van der Waals surface area contributed by atoms with Crippen LogP contribution in [0.3, 0.4) is 0 Å². The summed E-state index contributed by atoms with van der Waals surface area (Å²) in [7, 11) is 0. The molecule has 8 heteroatoms. The average molecular weight is 492 g/mol. The van der Waals surface area contributed by atoms with Crippen LogP contribution in [0, 0.1) is 0 Å². The molecule has 0 fully saturated rings. The molecule has 182 valence electrons. The van der Waals surface area contributed by atoms with E-state index in [1.807, 2.05) is 24.3 Å². The number of hydrogen-bond donors (Lipinski definition) is 3. The number of carbonyl (C=O) groups is 3. The van der Waals surface area contributed by atoms with Gasteiger partial charge in [0.25, 0.3) is 17.7 Å². The lowest BCUT2D eigenvalue weighted by molar-refractivity contribution is -0.122. The number of hydrogen-bond acceptors (Lipinski definition) is 5. The summed E-state index contributed by atoms with van der Waals surface area (Å²) >= 11 is 1.43. The standard InChI is InChI=1S/C27H29N3O4S/c1-3-17-8-12-19(13-9-17)29-25(32)16(2)34-20-14-10-18(11-15-20)26(33)30-27-23(24(28)31)21-6-4-5-7-22(21)35-27/h8-16H,3-7H2,1-2H3,(H2,28,31)(H,29,32)(H,30,33)/t16-/m0/s1. The van der Waals surface area contributed by atoms with E-state index in [2.05, 4.69) is 17.6 Å². The summed E-state index contributed by atoms with van der Waals surface area (Å²) in [6.45, 7) is 3.74. The van der Waals surface area contributed by atoms with Gasteiger partial charge in [-0.05, 0) is 86.6 Å². The number of carbonyl (C=O) groups excluding carboxylic acids is 3. The molecule has 35 heavy (non-hydrogen) atoms. The predicted octanol–water partition coefficient (Wildman–Crippen LogP) is 4.95. The number of aryl methyl sites for hydroxylation is 2. The number of anilines is 2. The zero-order chi connectivity index (χ0) is 24.9. The van der Waals surface area contributed by atoms with Crippen molar-refractivity contribution >= 4 is 39.7 Å². The number of fused-ring (bicyclic) bond motifs is 1. The topological polar surface area (TPSA) is 111 Å². The van der Waals surface area contributed by atoms with E-state index < -0.39 is 12.0 Å². The zero-order valence-electron chi connectivity index (χ0n) is 19.9. The minimum absolute atomic E-state index is 0.267. The first-order valence-electron chi connectivity index (χ1n) is 11.8. The van der Waals surface area contributed by atoms with Crippen LogP contribution in [0.4, 0.5) is 10.7 Å². The highest BCUT2D eigenvalue weighted by molar-refractivity contribution is 7.17. The van der Waals surface area contributed by atoms with Gasteiger partial charge in [0.1, 0.15) is 10.8 Å². The molecule has 0 unspecified atom stereocenters. The number of rotatable bonds is 8. The molecule has 0 saturated heterocycles. The fourth-order valence-electron chi connectivity index (χ4n) is 4.10. The Kier molecular flexibility index (Phi) is 7.51. The third-order valence-electron chi connectivity index (χ3n) is 6.07. The zero-order valence-corrected chi connectivity index (χ0v) is 20.7. The largest absolute Gasteiger partial charge is 0.481 e. The molecule has 0 saturated carbocycles. The van der Waals surface area contributed by atoms with Gasteiger partial charge < -0.3 is 21.1 Å². The van der Waals surface area contributed by atoms with Crippen LogP contribution in [0.25, 0.3) is 0 Å². The van der Waals surface area contributed by atoms with Crippen molar-refractivity contribution in [3.63, 3.8) is 0 Å². The van der Waals surface area contributed by atoms with Gasteiger partial charge in [-0.3, -0.25) is 14.4 Å². The van der Waals surface area contributed by atoms with E-state index in [-0.39, 0.29) is 11.8 Å². The first kappa shape index (κ1) is 24.5. The highest BCUT2D eigenvalue weighted by Crippen LogP contribution is 2.38. The molecule has 1 aromatic heterocycles. The first-order chi connectivity index (χ1) is 16.9. The fourth-order valence-corrected chi connectivity index (χ4v) is 5.39. The third-order valence-corrected chi connectivity index (χ3v) is 7.28. The molecule has 1 heterocycles. The van der Waals surface area contributed by atoms with Crippen molar-refractivity contribution in [1.82, 2.24) is 0 Å². The van der Waals surface area contributed by atoms with Crippen molar-refractivity contribution in [2.45, 2.75) is 52.1 Å². The monoisotopic (exact) mass is 491 g/mol. The van der Waals surface area contributed by atoms with E-state index in [1.54, 1.807) is 31.2 Å². The van der Waals surface area contributed by atoms with Gasteiger partial charge >= 0.3 is 0 Å². The second-order valence-corrected chi connectivity index (χ2v) is 9.66. The van der Waals surface area contributed by atoms with Crippen LogP contribution >= 0.6 is 11.3 Å². The maximum absolute atomic E-state index is 12.8. The van der Waals surface area contributed by atoms with Gasteiger partial charge in [-0.25, -0.2) is 0 Å². The molecule has 3 amide bonds. The molecule has 0 radical (unpaired) electrons. The smallest absolute Gasteiger partial charge is 0.265 e. The Hall–Kier alpha value is -3.65. The van der Waals surface area contributed by atoms with Gasteiger partial charge in [0.05, 0.1) is 5.56 Å². The summed E-state index contributed by atoms with van der Waals surface area (Å²) in [5.41, 5.74) is 9.34. The Balaban J connectivity index is 1.38. The molecule has 1 aliphatic carbocycles. The van der Waals surface area contributed by atoms with E-state index in [1.165, 1.54) is 16.9 Å². The maximum Gasteiger partial charge on any atom is 0.265 e. The van der Waals surface area contributed by atoms with E-state index >= 15 is 0 Å². The summed E-state index contributed by atoms with van der Waals surface area (Å²) < 4.78 is 5.75. The fraction of sp³-hybridized carbons (Fsp3) is 0.296. The minimum atomic E-state index is -0.726. The Morgan fingerprint density at radius 2 is 1.69 bits per heavy atom. The second kappa shape index (κ2) is 10.7. The molecule has 0 spiro atoms. The quantitative estimate of drug-likeness (QED) is 0.414. The average Bonchev–Trinajstić information content (AvgIpc) is 3.23. The van der Waals surface area contributed by atoms with Gasteiger partial charge in [0, 0.05) is 16.1 Å². The predicted molar refractivity (Wildman–Crippen MR) is 138 cm³/mol. The van der Waals surface area contributed by atoms with E-state index in [0.717, 1.165) is 42.5 Å². The lowest BCUT2D eigenvalue weighted by Gasteiger charge is -2.15. The van der Waals surface area contributed by atoms with Crippen molar-refractivity contribution in [3.05, 3.63) is 75.7 Å². The maximum atomic E-state index is 12.8. The van der Waals surface area contributed by atoms with E-state index in [9.17, 15) is 14.4 Å². The summed E-state index contributed by atoms with van der Waals surface area (Å²) in [5.74, 6) is -0.650. The number of ether oxygens (including phenoxy) is 1. The minimum Gasteiger partial charge on any atom is -0.481 e. The van der Waals surface area contributed by atoms with Crippen LogP contribution in [-0.2, 0) is 24.1 Å². The Morgan fingerprint density at radius 1 is 1.00 bits per heavy atom. The number of nitrogens with one attached hydrogen (secondary N) is 2. The van der Waals surface area contributed by atoms with Crippen LogP contribution in [-0.4, -0.2) is 23.8 Å². The van der Waals surface area contributed by atoms with Gasteiger partial charge in [0.15, 0.2) is 6.10 Å². The molecule has 0 aliphatic heterocycles. The number of primary amides is 1. The molecule has 4 N–H and O–H groups in total.